The summed E-state index contributed by atoms with van der Waals surface area (Å²) in [6, 6.07) is 10.2. The molecule has 1 N–H and O–H groups in total. The molecule has 0 atom stereocenters. The van der Waals surface area contributed by atoms with E-state index in [0.717, 1.165) is 11.3 Å². The highest BCUT2D eigenvalue weighted by molar-refractivity contribution is 6.34. The van der Waals surface area contributed by atoms with E-state index in [1.807, 2.05) is 21.0 Å². The van der Waals surface area contributed by atoms with Gasteiger partial charge >= 0.3 is 0 Å². The Hall–Kier alpha value is -1.45. The maximum Gasteiger partial charge on any atom is 0.154 e. The van der Waals surface area contributed by atoms with Crippen LogP contribution in [0.1, 0.15) is 11.1 Å². The van der Waals surface area contributed by atoms with Crippen LogP contribution in [0, 0.1) is 6.92 Å². The summed E-state index contributed by atoms with van der Waals surface area (Å²) >= 11 is 12.0. The number of nitrogens with zero attached hydrogens (tertiary/aromatic N) is 2. The summed E-state index contributed by atoms with van der Waals surface area (Å²) in [5, 5.41) is 4.12. The normalized spacial score (nSPS) is 10.4. The Balaban J connectivity index is 2.09. The van der Waals surface area contributed by atoms with Crippen LogP contribution in [0.15, 0.2) is 30.3 Å². The summed E-state index contributed by atoms with van der Waals surface area (Å²) in [6.45, 7) is 2.65. The maximum absolute atomic E-state index is 6.10. The van der Waals surface area contributed by atoms with Crippen molar-refractivity contribution in [1.82, 2.24) is 4.98 Å². The molecule has 0 aliphatic carbocycles. The summed E-state index contributed by atoms with van der Waals surface area (Å²) in [5.74, 6) is 0. The average molecular weight is 310 g/mol. The van der Waals surface area contributed by atoms with Gasteiger partial charge in [0.25, 0.3) is 0 Å². The molecule has 2 rings (SSSR count). The van der Waals surface area contributed by atoms with Crippen molar-refractivity contribution >= 4 is 34.6 Å². The topological polar surface area (TPSA) is 28.2 Å². The van der Waals surface area contributed by atoms with E-state index in [4.69, 9.17) is 23.2 Å². The number of aryl methyl sites for hydroxylation is 1. The van der Waals surface area contributed by atoms with Crippen molar-refractivity contribution < 1.29 is 0 Å². The maximum atomic E-state index is 6.10. The molecule has 5 heteroatoms. The molecule has 1 aromatic heterocycles. The third-order valence-electron chi connectivity index (χ3n) is 3.06. The number of halogens is 2. The van der Waals surface area contributed by atoms with E-state index >= 15 is 0 Å². The molecule has 0 saturated heterocycles. The standard InChI is InChI=1S/C15H17Cl2N3/c1-10-8-13(16)19-15(17)14(10)18-9-11-4-6-12(7-5-11)20(2)3/h4-8,18H,9H2,1-3H3. The van der Waals surface area contributed by atoms with Crippen LogP contribution in [0.4, 0.5) is 11.4 Å². The van der Waals surface area contributed by atoms with Gasteiger partial charge < -0.3 is 10.2 Å². The number of aromatic nitrogens is 1. The molecule has 0 aliphatic heterocycles. The van der Waals surface area contributed by atoms with E-state index in [1.54, 1.807) is 6.07 Å². The Morgan fingerprint density at radius 3 is 2.35 bits per heavy atom. The highest BCUT2D eigenvalue weighted by Gasteiger charge is 2.07. The molecule has 1 heterocycles. The molecule has 0 spiro atoms. The molecular formula is C15H17Cl2N3. The van der Waals surface area contributed by atoms with Crippen molar-refractivity contribution in [2.45, 2.75) is 13.5 Å². The van der Waals surface area contributed by atoms with E-state index in [-0.39, 0.29) is 0 Å². The third kappa shape index (κ3) is 3.56. The second-order valence-electron chi connectivity index (χ2n) is 4.84. The van der Waals surface area contributed by atoms with Crippen molar-refractivity contribution in [2.24, 2.45) is 0 Å². The lowest BCUT2D eigenvalue weighted by molar-refractivity contribution is 1.10. The molecule has 106 valence electrons. The first-order chi connectivity index (χ1) is 9.47. The molecule has 0 radical (unpaired) electrons. The van der Waals surface area contributed by atoms with Gasteiger partial charge in [0.1, 0.15) is 5.15 Å². The van der Waals surface area contributed by atoms with Crippen LogP contribution >= 0.6 is 23.2 Å². The molecule has 0 fully saturated rings. The third-order valence-corrected chi connectivity index (χ3v) is 3.53. The van der Waals surface area contributed by atoms with Gasteiger partial charge in [-0.25, -0.2) is 4.98 Å². The Bertz CT molecular complexity index is 572. The fraction of sp³-hybridized carbons (Fsp3) is 0.267. The minimum absolute atomic E-state index is 0.403. The molecule has 2 aromatic rings. The first kappa shape index (κ1) is 14.9. The van der Waals surface area contributed by atoms with Gasteiger partial charge in [-0.3, -0.25) is 0 Å². The number of hydrogen-bond donors (Lipinski definition) is 1. The fourth-order valence-corrected chi connectivity index (χ4v) is 2.51. The van der Waals surface area contributed by atoms with Crippen LogP contribution in [0.5, 0.6) is 0 Å². The number of rotatable bonds is 4. The highest BCUT2D eigenvalue weighted by Crippen LogP contribution is 2.27. The fourth-order valence-electron chi connectivity index (χ4n) is 1.91. The SMILES string of the molecule is Cc1cc(Cl)nc(Cl)c1NCc1ccc(N(C)C)cc1. The molecule has 0 bridgehead atoms. The first-order valence-electron chi connectivity index (χ1n) is 6.30. The summed E-state index contributed by atoms with van der Waals surface area (Å²) < 4.78 is 0. The average Bonchev–Trinajstić information content (AvgIpc) is 2.38. The van der Waals surface area contributed by atoms with Crippen LogP contribution in [0.25, 0.3) is 0 Å². The minimum atomic E-state index is 0.403. The number of anilines is 2. The number of pyridine rings is 1. The van der Waals surface area contributed by atoms with Crippen LogP contribution < -0.4 is 10.2 Å². The molecule has 0 amide bonds. The Morgan fingerprint density at radius 2 is 1.80 bits per heavy atom. The molecule has 3 nitrogen and oxygen atoms in total. The molecule has 0 unspecified atom stereocenters. The Morgan fingerprint density at radius 1 is 1.15 bits per heavy atom. The van der Waals surface area contributed by atoms with Gasteiger partial charge in [-0.2, -0.15) is 0 Å². The van der Waals surface area contributed by atoms with Gasteiger partial charge in [-0.15, -0.1) is 0 Å². The zero-order valence-corrected chi connectivity index (χ0v) is 13.3. The van der Waals surface area contributed by atoms with Crippen LogP contribution in [-0.2, 0) is 6.54 Å². The summed E-state index contributed by atoms with van der Waals surface area (Å²) in [4.78, 5) is 6.12. The van der Waals surface area contributed by atoms with Crippen molar-refractivity contribution in [1.29, 1.82) is 0 Å². The lowest BCUT2D eigenvalue weighted by Gasteiger charge is -2.14. The Kier molecular flexibility index (Phi) is 4.73. The van der Waals surface area contributed by atoms with Crippen LogP contribution in [0.2, 0.25) is 10.3 Å². The quantitative estimate of drug-likeness (QED) is 0.850. The zero-order valence-electron chi connectivity index (χ0n) is 11.7. The second kappa shape index (κ2) is 6.33. The number of hydrogen-bond acceptors (Lipinski definition) is 3. The van der Waals surface area contributed by atoms with Crippen molar-refractivity contribution in [3.8, 4) is 0 Å². The van der Waals surface area contributed by atoms with Gasteiger partial charge in [-0.1, -0.05) is 35.3 Å². The van der Waals surface area contributed by atoms with Crippen molar-refractivity contribution in [2.75, 3.05) is 24.3 Å². The van der Waals surface area contributed by atoms with E-state index in [2.05, 4.69) is 39.5 Å². The van der Waals surface area contributed by atoms with Gasteiger partial charge in [0.05, 0.1) is 5.69 Å². The highest BCUT2D eigenvalue weighted by atomic mass is 35.5. The molecule has 1 aromatic carbocycles. The van der Waals surface area contributed by atoms with Gasteiger partial charge in [0.15, 0.2) is 5.15 Å². The first-order valence-corrected chi connectivity index (χ1v) is 7.05. The van der Waals surface area contributed by atoms with Crippen LogP contribution in [-0.4, -0.2) is 19.1 Å². The molecule has 0 saturated carbocycles. The van der Waals surface area contributed by atoms with E-state index in [1.165, 1.54) is 11.3 Å². The molecular weight excluding hydrogens is 293 g/mol. The van der Waals surface area contributed by atoms with Crippen molar-refractivity contribution in [3.05, 3.63) is 51.8 Å². The smallest absolute Gasteiger partial charge is 0.154 e. The molecule has 20 heavy (non-hydrogen) atoms. The summed E-state index contributed by atoms with van der Waals surface area (Å²) in [6.07, 6.45) is 0. The predicted molar refractivity (Wildman–Crippen MR) is 87.1 cm³/mol. The van der Waals surface area contributed by atoms with Crippen LogP contribution in [0.3, 0.4) is 0 Å². The van der Waals surface area contributed by atoms with Gasteiger partial charge in [0.2, 0.25) is 0 Å². The van der Waals surface area contributed by atoms with E-state index in [9.17, 15) is 0 Å². The molecule has 0 aliphatic rings. The number of nitrogens with one attached hydrogen (secondary N) is 1. The predicted octanol–water partition coefficient (Wildman–Crippen LogP) is 4.37. The summed E-state index contributed by atoms with van der Waals surface area (Å²) in [5.41, 5.74) is 4.17. The Labute approximate surface area is 129 Å². The second-order valence-corrected chi connectivity index (χ2v) is 5.59. The van der Waals surface area contributed by atoms with Gasteiger partial charge in [-0.05, 0) is 36.2 Å². The van der Waals surface area contributed by atoms with Crippen molar-refractivity contribution in [3.63, 3.8) is 0 Å². The summed E-state index contributed by atoms with van der Waals surface area (Å²) in [7, 11) is 4.05. The lowest BCUT2D eigenvalue weighted by atomic mass is 10.2. The minimum Gasteiger partial charge on any atom is -0.378 e. The lowest BCUT2D eigenvalue weighted by Crippen LogP contribution is -2.08. The van der Waals surface area contributed by atoms with E-state index in [0.29, 0.717) is 16.9 Å². The zero-order chi connectivity index (χ0) is 14.7. The monoisotopic (exact) mass is 309 g/mol. The van der Waals surface area contributed by atoms with E-state index < -0.39 is 0 Å². The largest absolute Gasteiger partial charge is 0.378 e. The number of benzene rings is 1. The van der Waals surface area contributed by atoms with Gasteiger partial charge in [0, 0.05) is 26.3 Å².